The molecule has 0 aliphatic carbocycles. The molecule has 1 unspecified atom stereocenters. The Labute approximate surface area is 137 Å². The molecule has 21 heavy (non-hydrogen) atoms. The number of benzene rings is 2. The van der Waals surface area contributed by atoms with E-state index in [0.29, 0.717) is 11.4 Å². The van der Waals surface area contributed by atoms with E-state index < -0.39 is 11.4 Å². The van der Waals surface area contributed by atoms with E-state index in [0.717, 1.165) is 15.7 Å². The molecule has 1 amide bonds. The molecule has 0 saturated carbocycles. The summed E-state index contributed by atoms with van der Waals surface area (Å²) in [7, 11) is 0. The Kier molecular flexibility index (Phi) is 4.91. The summed E-state index contributed by atoms with van der Waals surface area (Å²) in [4.78, 5) is 11.9. The fourth-order valence-corrected chi connectivity index (χ4v) is 2.45. The lowest BCUT2D eigenvalue weighted by Gasteiger charge is -2.29. The smallest absolute Gasteiger partial charge is 0.243 e. The first-order valence-corrected chi connectivity index (χ1v) is 7.64. The third kappa shape index (κ3) is 4.22. The van der Waals surface area contributed by atoms with Gasteiger partial charge in [0.2, 0.25) is 5.91 Å². The standard InChI is InChI=1S/C16H16BrClN2O/c1-16(15(19)21,10-11-2-4-12(17)5-3-11)20-14-8-6-13(18)7-9-14/h2-9,20H,10H2,1H3,(H2,19,21). The van der Waals surface area contributed by atoms with E-state index in [4.69, 9.17) is 17.3 Å². The summed E-state index contributed by atoms with van der Waals surface area (Å²) in [6.07, 6.45) is 0.498. The Bertz CT molecular complexity index is 578. The summed E-state index contributed by atoms with van der Waals surface area (Å²) in [6.45, 7) is 1.80. The normalized spacial score (nSPS) is 13.5. The molecule has 0 fully saturated rings. The molecule has 3 N–H and O–H groups in total. The third-order valence-corrected chi connectivity index (χ3v) is 4.06. The predicted molar refractivity (Wildman–Crippen MR) is 90.5 cm³/mol. The minimum Gasteiger partial charge on any atom is -0.371 e. The summed E-state index contributed by atoms with van der Waals surface area (Å²) in [5.74, 6) is -0.402. The molecule has 5 heteroatoms. The first kappa shape index (κ1) is 15.9. The van der Waals surface area contributed by atoms with Crippen molar-refractivity contribution in [2.24, 2.45) is 5.73 Å². The second-order valence-electron chi connectivity index (χ2n) is 5.13. The molecule has 0 radical (unpaired) electrons. The SMILES string of the molecule is CC(Cc1ccc(Br)cc1)(Nc1ccc(Cl)cc1)C(N)=O. The fourth-order valence-electron chi connectivity index (χ4n) is 2.06. The Hall–Kier alpha value is -1.52. The van der Waals surface area contributed by atoms with Gasteiger partial charge in [0.25, 0.3) is 0 Å². The van der Waals surface area contributed by atoms with Crippen LogP contribution in [0.2, 0.25) is 5.02 Å². The maximum absolute atomic E-state index is 11.9. The molecule has 110 valence electrons. The van der Waals surface area contributed by atoms with Crippen LogP contribution in [0, 0.1) is 0 Å². The van der Waals surface area contributed by atoms with Crippen LogP contribution in [0.1, 0.15) is 12.5 Å². The average Bonchev–Trinajstić information content (AvgIpc) is 2.44. The molecular formula is C16H16BrClN2O. The van der Waals surface area contributed by atoms with Gasteiger partial charge >= 0.3 is 0 Å². The zero-order valence-corrected chi connectivity index (χ0v) is 13.9. The number of rotatable bonds is 5. The van der Waals surface area contributed by atoms with E-state index in [1.165, 1.54) is 0 Å². The van der Waals surface area contributed by atoms with Gasteiger partial charge in [0, 0.05) is 21.6 Å². The van der Waals surface area contributed by atoms with Crippen LogP contribution < -0.4 is 11.1 Å². The number of nitrogens with two attached hydrogens (primary N) is 1. The van der Waals surface area contributed by atoms with Gasteiger partial charge in [-0.2, -0.15) is 0 Å². The molecule has 1 atom stereocenters. The molecule has 0 aliphatic rings. The van der Waals surface area contributed by atoms with Gasteiger partial charge in [-0.25, -0.2) is 0 Å². The van der Waals surface area contributed by atoms with E-state index >= 15 is 0 Å². The molecule has 2 rings (SSSR count). The maximum Gasteiger partial charge on any atom is 0.243 e. The summed E-state index contributed by atoms with van der Waals surface area (Å²) in [5, 5.41) is 3.85. The van der Waals surface area contributed by atoms with E-state index in [2.05, 4.69) is 21.2 Å². The van der Waals surface area contributed by atoms with Crippen molar-refractivity contribution in [3.8, 4) is 0 Å². The number of anilines is 1. The molecule has 2 aromatic carbocycles. The van der Waals surface area contributed by atoms with E-state index in [1.54, 1.807) is 19.1 Å². The number of hydrogen-bond acceptors (Lipinski definition) is 2. The van der Waals surface area contributed by atoms with Crippen molar-refractivity contribution in [2.75, 3.05) is 5.32 Å². The second kappa shape index (κ2) is 6.50. The first-order valence-electron chi connectivity index (χ1n) is 6.47. The van der Waals surface area contributed by atoms with Crippen LogP contribution in [-0.4, -0.2) is 11.4 Å². The quantitative estimate of drug-likeness (QED) is 0.839. The molecule has 0 aliphatic heterocycles. The number of amides is 1. The van der Waals surface area contributed by atoms with Crippen LogP contribution in [0.3, 0.4) is 0 Å². The summed E-state index contributed by atoms with van der Waals surface area (Å²) in [6, 6.07) is 15.0. The maximum atomic E-state index is 11.9. The van der Waals surface area contributed by atoms with E-state index in [1.807, 2.05) is 36.4 Å². The molecule has 0 spiro atoms. The summed E-state index contributed by atoms with van der Waals surface area (Å²) in [5.41, 5.74) is 6.55. The Morgan fingerprint density at radius 2 is 1.76 bits per heavy atom. The van der Waals surface area contributed by atoms with E-state index in [-0.39, 0.29) is 0 Å². The van der Waals surface area contributed by atoms with Crippen molar-refractivity contribution in [1.82, 2.24) is 0 Å². The minimum atomic E-state index is -0.873. The topological polar surface area (TPSA) is 55.1 Å². The van der Waals surface area contributed by atoms with Crippen molar-refractivity contribution in [1.29, 1.82) is 0 Å². The van der Waals surface area contributed by atoms with Crippen molar-refractivity contribution in [3.63, 3.8) is 0 Å². The molecule has 0 aromatic heterocycles. The van der Waals surface area contributed by atoms with Crippen LogP contribution in [0.4, 0.5) is 5.69 Å². The van der Waals surface area contributed by atoms with Gasteiger partial charge in [0.1, 0.15) is 5.54 Å². The van der Waals surface area contributed by atoms with Crippen molar-refractivity contribution in [2.45, 2.75) is 18.9 Å². The minimum absolute atomic E-state index is 0.402. The van der Waals surface area contributed by atoms with E-state index in [9.17, 15) is 4.79 Å². The highest BCUT2D eigenvalue weighted by atomic mass is 79.9. The van der Waals surface area contributed by atoms with Crippen LogP contribution >= 0.6 is 27.5 Å². The van der Waals surface area contributed by atoms with Gasteiger partial charge in [-0.05, 0) is 48.9 Å². The highest BCUT2D eigenvalue weighted by molar-refractivity contribution is 9.10. The molecule has 0 heterocycles. The van der Waals surface area contributed by atoms with Crippen molar-refractivity contribution >= 4 is 39.1 Å². The van der Waals surface area contributed by atoms with Gasteiger partial charge in [-0.15, -0.1) is 0 Å². The lowest BCUT2D eigenvalue weighted by molar-refractivity contribution is -0.121. The lowest BCUT2D eigenvalue weighted by Crippen LogP contribution is -2.49. The lowest BCUT2D eigenvalue weighted by atomic mass is 9.91. The zero-order valence-electron chi connectivity index (χ0n) is 11.6. The highest BCUT2D eigenvalue weighted by Gasteiger charge is 2.31. The van der Waals surface area contributed by atoms with Crippen LogP contribution in [-0.2, 0) is 11.2 Å². The van der Waals surface area contributed by atoms with Gasteiger partial charge in [0.15, 0.2) is 0 Å². The number of carbonyl (C=O) groups excluding carboxylic acids is 1. The Balaban J connectivity index is 2.21. The zero-order chi connectivity index (χ0) is 15.5. The van der Waals surface area contributed by atoms with Crippen molar-refractivity contribution in [3.05, 3.63) is 63.6 Å². The Morgan fingerprint density at radius 3 is 2.29 bits per heavy atom. The fraction of sp³-hybridized carbons (Fsp3) is 0.188. The monoisotopic (exact) mass is 366 g/mol. The largest absolute Gasteiger partial charge is 0.371 e. The van der Waals surface area contributed by atoms with Gasteiger partial charge in [-0.1, -0.05) is 39.7 Å². The van der Waals surface area contributed by atoms with Gasteiger partial charge in [-0.3, -0.25) is 4.79 Å². The highest BCUT2D eigenvalue weighted by Crippen LogP contribution is 2.22. The second-order valence-corrected chi connectivity index (χ2v) is 6.48. The van der Waals surface area contributed by atoms with Gasteiger partial charge < -0.3 is 11.1 Å². The average molecular weight is 368 g/mol. The number of hydrogen-bond donors (Lipinski definition) is 2. The molecular weight excluding hydrogens is 352 g/mol. The number of nitrogens with one attached hydrogen (secondary N) is 1. The number of halogens is 2. The molecule has 0 saturated heterocycles. The van der Waals surface area contributed by atoms with Crippen molar-refractivity contribution < 1.29 is 4.79 Å². The van der Waals surface area contributed by atoms with Gasteiger partial charge in [0.05, 0.1) is 0 Å². The summed E-state index contributed by atoms with van der Waals surface area (Å²) >= 11 is 9.26. The number of carbonyl (C=O) groups is 1. The molecule has 0 bridgehead atoms. The molecule has 3 nitrogen and oxygen atoms in total. The first-order chi connectivity index (χ1) is 9.89. The number of primary amides is 1. The summed E-state index contributed by atoms with van der Waals surface area (Å²) < 4.78 is 0.998. The predicted octanol–water partition coefficient (Wildman–Crippen LogP) is 4.00. The third-order valence-electron chi connectivity index (χ3n) is 3.28. The van der Waals surface area contributed by atoms with Crippen LogP contribution in [0.25, 0.3) is 0 Å². The van der Waals surface area contributed by atoms with Crippen LogP contribution in [0.15, 0.2) is 53.0 Å². The van der Waals surface area contributed by atoms with Crippen LogP contribution in [0.5, 0.6) is 0 Å². The molecule has 2 aromatic rings. The Morgan fingerprint density at radius 1 is 1.19 bits per heavy atom.